The van der Waals surface area contributed by atoms with Gasteiger partial charge >= 0.3 is 0 Å². The topological polar surface area (TPSA) is 70.7 Å². The van der Waals surface area contributed by atoms with Crippen molar-refractivity contribution in [1.29, 1.82) is 5.26 Å². The summed E-state index contributed by atoms with van der Waals surface area (Å²) < 4.78 is 2.05. The van der Waals surface area contributed by atoms with E-state index in [4.69, 9.17) is 5.26 Å². The zero-order valence-electron chi connectivity index (χ0n) is 14.3. The monoisotopic (exact) mass is 362 g/mol. The number of nitrogens with zero attached hydrogens (tertiary/aromatic N) is 3. The number of para-hydroxylation sites is 2. The summed E-state index contributed by atoms with van der Waals surface area (Å²) in [5, 5.41) is 12.2. The summed E-state index contributed by atoms with van der Waals surface area (Å²) in [6.07, 6.45) is 1.82. The molecule has 0 fully saturated rings. The average molecular weight is 362 g/mol. The van der Waals surface area contributed by atoms with Crippen LogP contribution in [0.3, 0.4) is 0 Å². The summed E-state index contributed by atoms with van der Waals surface area (Å²) in [6.45, 7) is 6.29. The second kappa shape index (κ2) is 7.89. The summed E-state index contributed by atoms with van der Waals surface area (Å²) in [4.78, 5) is 17.1. The lowest BCUT2D eigenvalue weighted by Crippen LogP contribution is -2.22. The smallest absolute Gasteiger partial charge is 0.237 e. The van der Waals surface area contributed by atoms with E-state index in [2.05, 4.69) is 27.5 Å². The normalized spacial score (nSPS) is 11.7. The Morgan fingerprint density at radius 1 is 1.35 bits per heavy atom. The fourth-order valence-corrected chi connectivity index (χ4v) is 3.47. The summed E-state index contributed by atoms with van der Waals surface area (Å²) in [7, 11) is 0. The molecule has 26 heavy (non-hydrogen) atoms. The molecule has 3 aromatic rings. The van der Waals surface area contributed by atoms with Crippen molar-refractivity contribution < 1.29 is 4.79 Å². The van der Waals surface area contributed by atoms with Gasteiger partial charge in [0.15, 0.2) is 5.16 Å². The van der Waals surface area contributed by atoms with Crippen LogP contribution in [0, 0.1) is 11.3 Å². The first-order valence-electron chi connectivity index (χ1n) is 8.16. The molecule has 6 heteroatoms. The van der Waals surface area contributed by atoms with Crippen LogP contribution in [0.5, 0.6) is 0 Å². The molecule has 0 radical (unpaired) electrons. The Labute approximate surface area is 156 Å². The van der Waals surface area contributed by atoms with Crippen molar-refractivity contribution in [2.75, 3.05) is 5.32 Å². The highest BCUT2D eigenvalue weighted by molar-refractivity contribution is 8.00. The molecule has 0 saturated carbocycles. The maximum atomic E-state index is 12.5. The highest BCUT2D eigenvalue weighted by Gasteiger charge is 2.19. The third-order valence-electron chi connectivity index (χ3n) is 3.86. The third kappa shape index (κ3) is 3.79. The second-order valence-corrected chi connectivity index (χ2v) is 7.03. The molecule has 1 N–H and O–H groups in total. The predicted molar refractivity (Wildman–Crippen MR) is 105 cm³/mol. The lowest BCUT2D eigenvalue weighted by atomic mass is 10.2. The molecule has 1 heterocycles. The predicted octanol–water partition coefficient (Wildman–Crippen LogP) is 4.21. The van der Waals surface area contributed by atoms with Gasteiger partial charge in [0.2, 0.25) is 5.91 Å². The molecule has 1 amide bonds. The van der Waals surface area contributed by atoms with Crippen LogP contribution in [0.1, 0.15) is 12.5 Å². The minimum atomic E-state index is -0.328. The molecule has 0 saturated heterocycles. The standard InChI is InChI=1S/C20H18N4OS/c1-3-12-24-18-7-5-4-6-17(18)23-20(24)26-14(2)19(25)22-16-10-8-15(13-21)9-11-16/h3-11,14H,1,12H2,2H3,(H,22,25)/t14-/m1/s1. The van der Waals surface area contributed by atoms with Gasteiger partial charge in [0.25, 0.3) is 0 Å². The number of imidazole rings is 1. The zero-order chi connectivity index (χ0) is 18.5. The second-order valence-electron chi connectivity index (χ2n) is 5.72. The van der Waals surface area contributed by atoms with E-state index in [1.54, 1.807) is 24.3 Å². The van der Waals surface area contributed by atoms with Gasteiger partial charge in [-0.25, -0.2) is 4.98 Å². The van der Waals surface area contributed by atoms with Crippen molar-refractivity contribution in [3.63, 3.8) is 0 Å². The number of hydrogen-bond donors (Lipinski definition) is 1. The molecular weight excluding hydrogens is 344 g/mol. The van der Waals surface area contributed by atoms with Crippen molar-refractivity contribution in [1.82, 2.24) is 9.55 Å². The lowest BCUT2D eigenvalue weighted by Gasteiger charge is -2.13. The van der Waals surface area contributed by atoms with Crippen molar-refractivity contribution in [3.05, 3.63) is 66.7 Å². The maximum Gasteiger partial charge on any atom is 0.237 e. The van der Waals surface area contributed by atoms with Crippen molar-refractivity contribution in [2.45, 2.75) is 23.9 Å². The minimum absolute atomic E-state index is 0.114. The zero-order valence-corrected chi connectivity index (χ0v) is 15.2. The van der Waals surface area contributed by atoms with E-state index in [1.165, 1.54) is 11.8 Å². The van der Waals surface area contributed by atoms with Gasteiger partial charge in [-0.1, -0.05) is 30.0 Å². The van der Waals surface area contributed by atoms with Crippen LogP contribution in [-0.4, -0.2) is 20.7 Å². The van der Waals surface area contributed by atoms with Crippen molar-refractivity contribution >= 4 is 34.4 Å². The summed E-state index contributed by atoms with van der Waals surface area (Å²) in [5.74, 6) is -0.114. The average Bonchev–Trinajstić information content (AvgIpc) is 3.00. The van der Waals surface area contributed by atoms with Crippen LogP contribution in [0.25, 0.3) is 11.0 Å². The molecular formula is C20H18N4OS. The molecule has 2 aromatic carbocycles. The Balaban J connectivity index is 1.76. The molecule has 0 aliphatic rings. The summed E-state index contributed by atoms with van der Waals surface area (Å²) in [6, 6.07) is 16.7. The molecule has 130 valence electrons. The van der Waals surface area contributed by atoms with Crippen LogP contribution in [0.2, 0.25) is 0 Å². The number of thioether (sulfide) groups is 1. The van der Waals surface area contributed by atoms with E-state index in [0.29, 0.717) is 17.8 Å². The molecule has 0 aliphatic heterocycles. The number of nitrogens with one attached hydrogen (secondary N) is 1. The molecule has 0 unspecified atom stereocenters. The van der Waals surface area contributed by atoms with E-state index < -0.39 is 0 Å². The lowest BCUT2D eigenvalue weighted by molar-refractivity contribution is -0.115. The number of amides is 1. The van der Waals surface area contributed by atoms with Gasteiger partial charge in [0, 0.05) is 12.2 Å². The number of rotatable bonds is 6. The number of benzene rings is 2. The largest absolute Gasteiger partial charge is 0.325 e. The Kier molecular flexibility index (Phi) is 5.40. The highest BCUT2D eigenvalue weighted by Crippen LogP contribution is 2.28. The van der Waals surface area contributed by atoms with Crippen LogP contribution in [-0.2, 0) is 11.3 Å². The number of anilines is 1. The fourth-order valence-electron chi connectivity index (χ4n) is 2.53. The quantitative estimate of drug-likeness (QED) is 0.527. The number of hydrogen-bond acceptors (Lipinski definition) is 4. The minimum Gasteiger partial charge on any atom is -0.325 e. The van der Waals surface area contributed by atoms with E-state index in [1.807, 2.05) is 37.3 Å². The van der Waals surface area contributed by atoms with Gasteiger partial charge in [0.05, 0.1) is 27.9 Å². The van der Waals surface area contributed by atoms with Crippen LogP contribution >= 0.6 is 11.8 Å². The number of nitriles is 1. The molecule has 0 aliphatic carbocycles. The van der Waals surface area contributed by atoms with Gasteiger partial charge in [0.1, 0.15) is 0 Å². The number of aromatic nitrogens is 2. The van der Waals surface area contributed by atoms with Gasteiger partial charge in [-0.05, 0) is 43.3 Å². The van der Waals surface area contributed by atoms with Crippen molar-refractivity contribution in [2.24, 2.45) is 0 Å². The van der Waals surface area contributed by atoms with Gasteiger partial charge in [-0.3, -0.25) is 4.79 Å². The highest BCUT2D eigenvalue weighted by atomic mass is 32.2. The van der Waals surface area contributed by atoms with Gasteiger partial charge in [-0.15, -0.1) is 6.58 Å². The summed E-state index contributed by atoms with van der Waals surface area (Å²) in [5.41, 5.74) is 3.15. The number of fused-ring (bicyclic) bond motifs is 1. The molecule has 1 aromatic heterocycles. The van der Waals surface area contributed by atoms with E-state index in [-0.39, 0.29) is 11.2 Å². The molecule has 1 atom stereocenters. The SMILES string of the molecule is C=CCn1c(S[C@H](C)C(=O)Nc2ccc(C#N)cc2)nc2ccccc21. The van der Waals surface area contributed by atoms with Crippen LogP contribution in [0.15, 0.2) is 66.3 Å². The Bertz CT molecular complexity index is 985. The first kappa shape index (κ1) is 17.8. The Morgan fingerprint density at radius 3 is 2.77 bits per heavy atom. The fraction of sp³-hybridized carbons (Fsp3) is 0.150. The van der Waals surface area contributed by atoms with Gasteiger partial charge in [-0.2, -0.15) is 5.26 Å². The number of carbonyl (C=O) groups excluding carboxylic acids is 1. The van der Waals surface area contributed by atoms with E-state index in [9.17, 15) is 4.79 Å². The molecule has 5 nitrogen and oxygen atoms in total. The van der Waals surface area contributed by atoms with Crippen LogP contribution < -0.4 is 5.32 Å². The third-order valence-corrected chi connectivity index (χ3v) is 4.95. The van der Waals surface area contributed by atoms with Crippen LogP contribution in [0.4, 0.5) is 5.69 Å². The first-order chi connectivity index (χ1) is 12.6. The maximum absolute atomic E-state index is 12.5. The molecule has 0 spiro atoms. The number of allylic oxidation sites excluding steroid dienone is 1. The van der Waals surface area contributed by atoms with E-state index in [0.717, 1.165) is 16.2 Å². The van der Waals surface area contributed by atoms with Crippen molar-refractivity contribution in [3.8, 4) is 6.07 Å². The van der Waals surface area contributed by atoms with E-state index >= 15 is 0 Å². The first-order valence-corrected chi connectivity index (χ1v) is 9.04. The number of carbonyl (C=O) groups is 1. The van der Waals surface area contributed by atoms with Gasteiger partial charge < -0.3 is 9.88 Å². The Morgan fingerprint density at radius 2 is 2.08 bits per heavy atom. The Hall–Kier alpha value is -3.04. The molecule has 3 rings (SSSR count). The molecule has 0 bridgehead atoms. The summed E-state index contributed by atoms with van der Waals surface area (Å²) >= 11 is 1.41.